The summed E-state index contributed by atoms with van der Waals surface area (Å²) in [5.41, 5.74) is 4.74. The van der Waals surface area contributed by atoms with Gasteiger partial charge in [0.1, 0.15) is 5.82 Å². The molecule has 0 saturated carbocycles. The Morgan fingerprint density at radius 1 is 1.15 bits per heavy atom. The van der Waals surface area contributed by atoms with Gasteiger partial charge in [0.05, 0.1) is 35.7 Å². The lowest BCUT2D eigenvalue weighted by molar-refractivity contribution is -0.139. The van der Waals surface area contributed by atoms with Crippen LogP contribution < -0.4 is 0 Å². The Hall–Kier alpha value is -3.29. The van der Waals surface area contributed by atoms with E-state index in [2.05, 4.69) is 12.1 Å². The first-order chi connectivity index (χ1) is 15.9. The number of fused-ring (bicyclic) bond motifs is 1. The van der Waals surface area contributed by atoms with Gasteiger partial charge in [-0.15, -0.1) is 0 Å². The van der Waals surface area contributed by atoms with E-state index in [0.29, 0.717) is 5.69 Å². The standard InChI is InChI=1S/C26H27FN2O4/c27-18-9-11-19(12-10-18)29-24(14-13-20(30)15-21(31)16-25(32)33)23-8-4-7-22(26(23)28-29)17-5-2-1-3-6-17/h1-3,5-6,9-14,20-22,30-31H,4,7-8,15-16H2,(H,32,33)/b14-13+/t20-,21-,22?/m1/s1. The van der Waals surface area contributed by atoms with Crippen molar-refractivity contribution >= 4 is 12.0 Å². The van der Waals surface area contributed by atoms with Gasteiger partial charge < -0.3 is 15.3 Å². The molecule has 0 amide bonds. The lowest BCUT2D eigenvalue weighted by atomic mass is 9.82. The number of carboxylic acid groups (broad SMARTS) is 1. The van der Waals surface area contributed by atoms with Crippen molar-refractivity contribution in [1.29, 1.82) is 0 Å². The van der Waals surface area contributed by atoms with Crippen molar-refractivity contribution < 1.29 is 24.5 Å². The summed E-state index contributed by atoms with van der Waals surface area (Å²) in [5, 5.41) is 33.9. The molecule has 172 valence electrons. The van der Waals surface area contributed by atoms with Crippen LogP contribution in [0.5, 0.6) is 0 Å². The predicted octanol–water partition coefficient (Wildman–Crippen LogP) is 4.08. The van der Waals surface area contributed by atoms with Crippen LogP contribution in [0.25, 0.3) is 11.8 Å². The highest BCUT2D eigenvalue weighted by molar-refractivity contribution is 5.67. The second-order valence-electron chi connectivity index (χ2n) is 8.41. The van der Waals surface area contributed by atoms with E-state index in [1.54, 1.807) is 29.0 Å². The minimum absolute atomic E-state index is 0.0810. The van der Waals surface area contributed by atoms with Gasteiger partial charge in [0.2, 0.25) is 0 Å². The first-order valence-electron chi connectivity index (χ1n) is 11.1. The molecule has 2 aromatic carbocycles. The second kappa shape index (κ2) is 10.1. The zero-order valence-electron chi connectivity index (χ0n) is 18.1. The molecule has 1 unspecified atom stereocenters. The van der Waals surface area contributed by atoms with Gasteiger partial charge in [-0.25, -0.2) is 9.07 Å². The SMILES string of the molecule is O=C(O)C[C@H](O)C[C@H](O)/C=C/c1c2c(nn1-c1ccc(F)cc1)C(c1ccccc1)CCC2. The molecule has 0 saturated heterocycles. The maximum atomic E-state index is 13.5. The minimum atomic E-state index is -1.14. The number of rotatable bonds is 8. The number of aromatic nitrogens is 2. The number of aliphatic hydroxyl groups is 2. The molecule has 0 fully saturated rings. The predicted molar refractivity (Wildman–Crippen MR) is 123 cm³/mol. The van der Waals surface area contributed by atoms with Crippen LogP contribution in [0.3, 0.4) is 0 Å². The fourth-order valence-corrected chi connectivity index (χ4v) is 4.44. The fourth-order valence-electron chi connectivity index (χ4n) is 4.44. The van der Waals surface area contributed by atoms with Crippen LogP contribution in [0.2, 0.25) is 0 Å². The number of aliphatic carboxylic acids is 1. The number of hydrogen-bond acceptors (Lipinski definition) is 4. The average Bonchev–Trinajstić information content (AvgIpc) is 3.17. The van der Waals surface area contributed by atoms with Gasteiger partial charge in [0.15, 0.2) is 0 Å². The third-order valence-electron chi connectivity index (χ3n) is 5.98. The van der Waals surface area contributed by atoms with Crippen molar-refractivity contribution in [3.05, 3.63) is 89.0 Å². The number of nitrogens with zero attached hydrogens (tertiary/aromatic N) is 2. The van der Waals surface area contributed by atoms with E-state index in [9.17, 15) is 19.4 Å². The van der Waals surface area contributed by atoms with Crippen LogP contribution in [0.1, 0.15) is 54.1 Å². The van der Waals surface area contributed by atoms with Crippen LogP contribution in [-0.2, 0) is 11.2 Å². The maximum Gasteiger partial charge on any atom is 0.305 e. The summed E-state index contributed by atoms with van der Waals surface area (Å²) >= 11 is 0. The van der Waals surface area contributed by atoms with E-state index in [-0.39, 0.29) is 18.2 Å². The molecular formula is C26H27FN2O4. The molecule has 1 aliphatic rings. The van der Waals surface area contributed by atoms with E-state index < -0.39 is 24.6 Å². The van der Waals surface area contributed by atoms with E-state index >= 15 is 0 Å². The molecule has 1 aliphatic carbocycles. The monoisotopic (exact) mass is 450 g/mol. The number of hydrogen-bond donors (Lipinski definition) is 3. The van der Waals surface area contributed by atoms with Crippen LogP contribution in [0.15, 0.2) is 60.7 Å². The molecule has 0 spiro atoms. The molecule has 1 aromatic heterocycles. The Kier molecular flexibility index (Phi) is 7.01. The van der Waals surface area contributed by atoms with Gasteiger partial charge in [0, 0.05) is 17.9 Å². The first kappa shape index (κ1) is 22.9. The van der Waals surface area contributed by atoms with E-state index in [0.717, 1.165) is 36.2 Å². The summed E-state index contributed by atoms with van der Waals surface area (Å²) in [6.45, 7) is 0. The molecule has 3 N–H and O–H groups in total. The number of carbonyl (C=O) groups is 1. The molecule has 7 heteroatoms. The number of benzene rings is 2. The molecule has 4 rings (SSSR count). The summed E-state index contributed by atoms with van der Waals surface area (Å²) < 4.78 is 15.3. The first-order valence-corrected chi connectivity index (χ1v) is 11.1. The molecule has 0 bridgehead atoms. The summed E-state index contributed by atoms with van der Waals surface area (Å²) in [4.78, 5) is 10.8. The number of carboxylic acids is 1. The van der Waals surface area contributed by atoms with Gasteiger partial charge in [0.25, 0.3) is 0 Å². The minimum Gasteiger partial charge on any atom is -0.481 e. The normalized spacial score (nSPS) is 17.6. The van der Waals surface area contributed by atoms with Crippen molar-refractivity contribution in [2.75, 3.05) is 0 Å². The second-order valence-corrected chi connectivity index (χ2v) is 8.41. The Bertz CT molecular complexity index is 1130. The highest BCUT2D eigenvalue weighted by Gasteiger charge is 2.28. The van der Waals surface area contributed by atoms with Gasteiger partial charge in [-0.3, -0.25) is 4.79 Å². The largest absolute Gasteiger partial charge is 0.481 e. The quantitative estimate of drug-likeness (QED) is 0.481. The molecule has 6 nitrogen and oxygen atoms in total. The lowest BCUT2D eigenvalue weighted by Gasteiger charge is -2.21. The number of halogens is 1. The third kappa shape index (κ3) is 5.38. The van der Waals surface area contributed by atoms with Gasteiger partial charge in [-0.05, 0) is 55.2 Å². The van der Waals surface area contributed by atoms with Crippen molar-refractivity contribution in [2.45, 2.75) is 50.2 Å². The highest BCUT2D eigenvalue weighted by atomic mass is 19.1. The molecule has 3 atom stereocenters. The van der Waals surface area contributed by atoms with Gasteiger partial charge in [-0.1, -0.05) is 36.4 Å². The van der Waals surface area contributed by atoms with Crippen LogP contribution >= 0.6 is 0 Å². The molecule has 0 aliphatic heterocycles. The summed E-state index contributed by atoms with van der Waals surface area (Å²) in [6, 6.07) is 16.3. The molecule has 3 aromatic rings. The van der Waals surface area contributed by atoms with Crippen molar-refractivity contribution in [2.24, 2.45) is 0 Å². The van der Waals surface area contributed by atoms with Crippen LogP contribution in [0.4, 0.5) is 4.39 Å². The zero-order chi connectivity index (χ0) is 23.4. The highest BCUT2D eigenvalue weighted by Crippen LogP contribution is 2.38. The smallest absolute Gasteiger partial charge is 0.305 e. The molecular weight excluding hydrogens is 423 g/mol. The van der Waals surface area contributed by atoms with E-state index in [1.165, 1.54) is 17.7 Å². The maximum absolute atomic E-state index is 13.5. The fraction of sp³-hybridized carbons (Fsp3) is 0.308. The van der Waals surface area contributed by atoms with Gasteiger partial charge >= 0.3 is 5.97 Å². The topological polar surface area (TPSA) is 95.6 Å². The van der Waals surface area contributed by atoms with E-state index in [1.807, 2.05) is 18.2 Å². The Morgan fingerprint density at radius 3 is 2.58 bits per heavy atom. The van der Waals surface area contributed by atoms with Crippen LogP contribution in [-0.4, -0.2) is 43.3 Å². The molecule has 0 radical (unpaired) electrons. The van der Waals surface area contributed by atoms with E-state index in [4.69, 9.17) is 10.2 Å². The molecule has 33 heavy (non-hydrogen) atoms. The van der Waals surface area contributed by atoms with Crippen molar-refractivity contribution in [1.82, 2.24) is 9.78 Å². The van der Waals surface area contributed by atoms with Gasteiger partial charge in [-0.2, -0.15) is 5.10 Å². The summed E-state index contributed by atoms with van der Waals surface area (Å²) in [5.74, 6) is -1.31. The number of aliphatic hydroxyl groups excluding tert-OH is 2. The molecule has 1 heterocycles. The Morgan fingerprint density at radius 2 is 1.88 bits per heavy atom. The summed E-state index contributed by atoms with van der Waals surface area (Å²) in [6.07, 6.45) is 3.45. The average molecular weight is 451 g/mol. The summed E-state index contributed by atoms with van der Waals surface area (Å²) in [7, 11) is 0. The van der Waals surface area contributed by atoms with Crippen molar-refractivity contribution in [3.8, 4) is 5.69 Å². The van der Waals surface area contributed by atoms with Crippen molar-refractivity contribution in [3.63, 3.8) is 0 Å². The lowest BCUT2D eigenvalue weighted by Crippen LogP contribution is -2.19. The van der Waals surface area contributed by atoms with Crippen LogP contribution in [0, 0.1) is 5.82 Å². The Labute approximate surface area is 191 Å². The third-order valence-corrected chi connectivity index (χ3v) is 5.98. The zero-order valence-corrected chi connectivity index (χ0v) is 18.1. The Balaban J connectivity index is 1.71.